The molecule has 0 fully saturated rings. The van der Waals surface area contributed by atoms with E-state index in [1.165, 1.54) is 12.1 Å². The van der Waals surface area contributed by atoms with Gasteiger partial charge in [0.15, 0.2) is 0 Å². The fourth-order valence-corrected chi connectivity index (χ4v) is 3.23. The van der Waals surface area contributed by atoms with Gasteiger partial charge in [-0.05, 0) is 29.8 Å². The van der Waals surface area contributed by atoms with Crippen molar-refractivity contribution in [2.45, 2.75) is 19.5 Å². The summed E-state index contributed by atoms with van der Waals surface area (Å²) in [5.41, 5.74) is 2.28. The summed E-state index contributed by atoms with van der Waals surface area (Å²) in [6.45, 7) is 0.862. The van der Waals surface area contributed by atoms with E-state index in [1.54, 1.807) is 34.0 Å². The molecule has 0 bridgehead atoms. The number of hydrogen-bond donors (Lipinski definition) is 1. The molecule has 2 heterocycles. The molecule has 4 rings (SSSR count). The Labute approximate surface area is 165 Å². The Hall–Kier alpha value is -3.19. The van der Waals surface area contributed by atoms with Crippen LogP contribution in [0, 0.1) is 5.82 Å². The van der Waals surface area contributed by atoms with Crippen LogP contribution in [0.25, 0.3) is 10.9 Å². The fraction of sp³-hybridized carbons (Fsp3) is 0.150. The zero-order valence-electron chi connectivity index (χ0n) is 14.8. The van der Waals surface area contributed by atoms with Crippen LogP contribution in [-0.4, -0.2) is 25.5 Å². The molecule has 0 spiro atoms. The first kappa shape index (κ1) is 18.2. The number of fused-ring (bicyclic) bond motifs is 1. The van der Waals surface area contributed by atoms with E-state index in [9.17, 15) is 9.18 Å². The third kappa shape index (κ3) is 4.04. The van der Waals surface area contributed by atoms with Gasteiger partial charge in [-0.15, -0.1) is 0 Å². The van der Waals surface area contributed by atoms with Gasteiger partial charge in [-0.1, -0.05) is 29.8 Å². The Morgan fingerprint density at radius 2 is 2.00 bits per heavy atom. The third-order valence-corrected chi connectivity index (χ3v) is 4.67. The molecular formula is C20H17ClFN5O. The highest BCUT2D eigenvalue weighted by Gasteiger charge is 2.09. The number of carbonyl (C=O) groups excluding carboxylic acids is 1. The average Bonchev–Trinajstić information content (AvgIpc) is 3.28. The number of amides is 1. The molecule has 6 nitrogen and oxygen atoms in total. The first-order valence-electron chi connectivity index (χ1n) is 8.75. The number of aryl methyl sites for hydroxylation is 1. The van der Waals surface area contributed by atoms with Crippen LogP contribution in [0.4, 0.5) is 10.1 Å². The molecular weight excluding hydrogens is 381 g/mol. The summed E-state index contributed by atoms with van der Waals surface area (Å²) in [5, 5.41) is 12.8. The quantitative estimate of drug-likeness (QED) is 0.532. The molecule has 0 aliphatic rings. The number of benzene rings is 2. The third-order valence-electron chi connectivity index (χ3n) is 4.34. The van der Waals surface area contributed by atoms with E-state index in [2.05, 4.69) is 15.5 Å². The fourth-order valence-electron chi connectivity index (χ4n) is 3.01. The second kappa shape index (κ2) is 7.82. The number of halogens is 2. The minimum absolute atomic E-state index is 0.143. The molecule has 8 heteroatoms. The summed E-state index contributed by atoms with van der Waals surface area (Å²) < 4.78 is 16.7. The Morgan fingerprint density at radius 3 is 2.86 bits per heavy atom. The molecule has 142 valence electrons. The molecule has 1 N–H and O–H groups in total. The first-order chi connectivity index (χ1) is 13.6. The second-order valence-corrected chi connectivity index (χ2v) is 6.80. The maximum atomic E-state index is 13.3. The van der Waals surface area contributed by atoms with E-state index in [0.29, 0.717) is 23.8 Å². The van der Waals surface area contributed by atoms with Gasteiger partial charge in [0.05, 0.1) is 41.7 Å². The maximum Gasteiger partial charge on any atom is 0.226 e. The molecule has 2 aromatic carbocycles. The van der Waals surface area contributed by atoms with Crippen LogP contribution in [0.3, 0.4) is 0 Å². The standard InChI is InChI=1S/C20H17ClFN5O/c21-18-5-2-6-19-17(18)11-24-27(19)8-7-20(28)25-16-10-23-26(13-16)12-14-3-1-4-15(22)9-14/h1-6,9-11,13H,7-8,12H2,(H,25,28). The SMILES string of the molecule is O=C(CCn1ncc2c(Cl)cccc21)Nc1cnn(Cc2cccc(F)c2)c1. The van der Waals surface area contributed by atoms with Gasteiger partial charge >= 0.3 is 0 Å². The van der Waals surface area contributed by atoms with E-state index >= 15 is 0 Å². The zero-order chi connectivity index (χ0) is 19.5. The van der Waals surface area contributed by atoms with E-state index < -0.39 is 0 Å². The van der Waals surface area contributed by atoms with Crippen molar-refractivity contribution in [1.82, 2.24) is 19.6 Å². The Bertz CT molecular complexity index is 1140. The van der Waals surface area contributed by atoms with Crippen LogP contribution in [0.15, 0.2) is 61.1 Å². The summed E-state index contributed by atoms with van der Waals surface area (Å²) in [7, 11) is 0. The maximum absolute atomic E-state index is 13.3. The van der Waals surface area contributed by atoms with Crippen molar-refractivity contribution in [3.8, 4) is 0 Å². The minimum atomic E-state index is -0.286. The summed E-state index contributed by atoms with van der Waals surface area (Å²) in [5.74, 6) is -0.429. The lowest BCUT2D eigenvalue weighted by Crippen LogP contribution is -2.14. The van der Waals surface area contributed by atoms with Crippen LogP contribution in [-0.2, 0) is 17.9 Å². The molecule has 2 aromatic heterocycles. The topological polar surface area (TPSA) is 64.7 Å². The number of aromatic nitrogens is 4. The van der Waals surface area contributed by atoms with Gasteiger partial charge in [-0.2, -0.15) is 10.2 Å². The van der Waals surface area contributed by atoms with Crippen molar-refractivity contribution < 1.29 is 9.18 Å². The molecule has 0 aliphatic heterocycles. The smallest absolute Gasteiger partial charge is 0.226 e. The number of nitrogens with one attached hydrogen (secondary N) is 1. The highest BCUT2D eigenvalue weighted by molar-refractivity contribution is 6.35. The molecule has 0 aliphatic carbocycles. The number of carbonyl (C=O) groups is 1. The Morgan fingerprint density at radius 1 is 1.14 bits per heavy atom. The van der Waals surface area contributed by atoms with Crippen molar-refractivity contribution in [3.05, 3.63) is 77.5 Å². The van der Waals surface area contributed by atoms with Crippen LogP contribution in [0.2, 0.25) is 5.02 Å². The molecule has 0 saturated carbocycles. The van der Waals surface area contributed by atoms with E-state index in [-0.39, 0.29) is 18.1 Å². The van der Waals surface area contributed by atoms with Crippen molar-refractivity contribution in [2.24, 2.45) is 0 Å². The second-order valence-electron chi connectivity index (χ2n) is 6.40. The summed E-state index contributed by atoms with van der Waals surface area (Å²) in [6, 6.07) is 11.9. The van der Waals surface area contributed by atoms with Gasteiger partial charge in [0.2, 0.25) is 5.91 Å². The Balaban J connectivity index is 1.35. The minimum Gasteiger partial charge on any atom is -0.323 e. The lowest BCUT2D eigenvalue weighted by atomic mass is 10.2. The molecule has 0 radical (unpaired) electrons. The number of anilines is 1. The van der Waals surface area contributed by atoms with E-state index in [0.717, 1.165) is 16.5 Å². The van der Waals surface area contributed by atoms with Gasteiger partial charge < -0.3 is 5.32 Å². The van der Waals surface area contributed by atoms with E-state index in [1.807, 2.05) is 24.3 Å². The van der Waals surface area contributed by atoms with Gasteiger partial charge in [0.25, 0.3) is 0 Å². The predicted molar refractivity (Wildman–Crippen MR) is 106 cm³/mol. The first-order valence-corrected chi connectivity index (χ1v) is 9.13. The van der Waals surface area contributed by atoms with Crippen LogP contribution >= 0.6 is 11.6 Å². The van der Waals surface area contributed by atoms with Crippen LogP contribution in [0.1, 0.15) is 12.0 Å². The van der Waals surface area contributed by atoms with Crippen molar-refractivity contribution in [1.29, 1.82) is 0 Å². The number of rotatable bonds is 6. The van der Waals surface area contributed by atoms with Gasteiger partial charge in [0, 0.05) is 18.0 Å². The van der Waals surface area contributed by atoms with Crippen LogP contribution in [0.5, 0.6) is 0 Å². The molecule has 4 aromatic rings. The highest BCUT2D eigenvalue weighted by Crippen LogP contribution is 2.22. The zero-order valence-corrected chi connectivity index (χ0v) is 15.6. The molecule has 0 atom stereocenters. The molecule has 0 saturated heterocycles. The lowest BCUT2D eigenvalue weighted by Gasteiger charge is -2.05. The van der Waals surface area contributed by atoms with E-state index in [4.69, 9.17) is 11.6 Å². The average molecular weight is 398 g/mol. The van der Waals surface area contributed by atoms with Crippen molar-refractivity contribution in [3.63, 3.8) is 0 Å². The largest absolute Gasteiger partial charge is 0.323 e. The number of hydrogen-bond acceptors (Lipinski definition) is 3. The van der Waals surface area contributed by atoms with Crippen LogP contribution < -0.4 is 5.32 Å². The summed E-state index contributed by atoms with van der Waals surface area (Å²) >= 11 is 6.15. The van der Waals surface area contributed by atoms with Gasteiger partial charge in [0.1, 0.15) is 5.82 Å². The highest BCUT2D eigenvalue weighted by atomic mass is 35.5. The van der Waals surface area contributed by atoms with Gasteiger partial charge in [-0.25, -0.2) is 4.39 Å². The summed E-state index contributed by atoms with van der Waals surface area (Å²) in [6.07, 6.45) is 5.25. The van der Waals surface area contributed by atoms with Crippen molar-refractivity contribution >= 4 is 34.1 Å². The van der Waals surface area contributed by atoms with Gasteiger partial charge in [-0.3, -0.25) is 14.2 Å². The number of nitrogens with zero attached hydrogens (tertiary/aromatic N) is 4. The molecule has 1 amide bonds. The Kier molecular flexibility index (Phi) is 5.08. The predicted octanol–water partition coefficient (Wildman–Crippen LogP) is 4.10. The normalized spacial score (nSPS) is 11.1. The molecule has 0 unspecified atom stereocenters. The monoisotopic (exact) mass is 397 g/mol. The van der Waals surface area contributed by atoms with Crippen molar-refractivity contribution in [2.75, 3.05) is 5.32 Å². The lowest BCUT2D eigenvalue weighted by molar-refractivity contribution is -0.116. The summed E-state index contributed by atoms with van der Waals surface area (Å²) in [4.78, 5) is 12.3. The molecule has 28 heavy (non-hydrogen) atoms.